The van der Waals surface area contributed by atoms with Gasteiger partial charge in [-0.05, 0) is 49.9 Å². The van der Waals surface area contributed by atoms with Crippen LogP contribution in [-0.4, -0.2) is 49.2 Å². The third-order valence-corrected chi connectivity index (χ3v) is 4.95. The summed E-state index contributed by atoms with van der Waals surface area (Å²) in [6, 6.07) is 10.0. The Hall–Kier alpha value is -2.67. The zero-order valence-electron chi connectivity index (χ0n) is 16.9. The van der Waals surface area contributed by atoms with Crippen molar-refractivity contribution in [1.29, 1.82) is 0 Å². The first-order valence-electron chi connectivity index (χ1n) is 9.80. The fourth-order valence-corrected chi connectivity index (χ4v) is 3.28. The van der Waals surface area contributed by atoms with Gasteiger partial charge in [-0.25, -0.2) is 9.97 Å². The Morgan fingerprint density at radius 3 is 2.61 bits per heavy atom. The van der Waals surface area contributed by atoms with Gasteiger partial charge in [0.15, 0.2) is 0 Å². The second-order valence-corrected chi connectivity index (χ2v) is 7.28. The number of carbonyl (C=O) groups is 1. The van der Waals surface area contributed by atoms with Gasteiger partial charge in [-0.3, -0.25) is 4.79 Å². The number of ether oxygens (including phenoxy) is 1. The van der Waals surface area contributed by atoms with Crippen molar-refractivity contribution in [3.8, 4) is 0 Å². The Labute approximate surface area is 166 Å². The van der Waals surface area contributed by atoms with Gasteiger partial charge in [0.2, 0.25) is 0 Å². The number of benzene rings is 1. The fourth-order valence-electron chi connectivity index (χ4n) is 3.28. The number of rotatable bonds is 7. The van der Waals surface area contributed by atoms with Gasteiger partial charge in [0, 0.05) is 44.2 Å². The van der Waals surface area contributed by atoms with E-state index in [0.717, 1.165) is 24.7 Å². The molecule has 0 bridgehead atoms. The smallest absolute Gasteiger partial charge is 0.270 e. The Morgan fingerprint density at radius 2 is 1.93 bits per heavy atom. The molecule has 150 valence electrons. The van der Waals surface area contributed by atoms with Crippen LogP contribution in [0.2, 0.25) is 0 Å². The van der Waals surface area contributed by atoms with E-state index in [9.17, 15) is 4.79 Å². The van der Waals surface area contributed by atoms with Gasteiger partial charge in [-0.1, -0.05) is 6.92 Å². The molecule has 1 aromatic heterocycles. The molecule has 1 aliphatic rings. The average Bonchev–Trinajstić information content (AvgIpc) is 2.69. The zero-order chi connectivity index (χ0) is 19.9. The number of nitrogens with zero attached hydrogens (tertiary/aromatic N) is 3. The van der Waals surface area contributed by atoms with Crippen LogP contribution in [0.3, 0.4) is 0 Å². The highest BCUT2D eigenvalue weighted by Crippen LogP contribution is 2.25. The summed E-state index contributed by atoms with van der Waals surface area (Å²) in [6.45, 7) is 7.22. The van der Waals surface area contributed by atoms with E-state index in [1.165, 1.54) is 18.5 Å². The lowest BCUT2D eigenvalue weighted by Gasteiger charge is -2.32. The number of hydrogen-bond donors (Lipinski definition) is 2. The van der Waals surface area contributed by atoms with E-state index >= 15 is 0 Å². The third kappa shape index (κ3) is 5.42. The first-order valence-corrected chi connectivity index (χ1v) is 9.80. The number of amides is 1. The molecule has 28 heavy (non-hydrogen) atoms. The largest absolute Gasteiger partial charge is 0.383 e. The van der Waals surface area contributed by atoms with E-state index in [2.05, 4.69) is 44.6 Å². The van der Waals surface area contributed by atoms with Gasteiger partial charge < -0.3 is 20.3 Å². The molecule has 2 heterocycles. The lowest BCUT2D eigenvalue weighted by atomic mass is 9.99. The van der Waals surface area contributed by atoms with Gasteiger partial charge >= 0.3 is 0 Å². The van der Waals surface area contributed by atoms with E-state index in [1.54, 1.807) is 20.1 Å². The maximum Gasteiger partial charge on any atom is 0.270 e. The maximum atomic E-state index is 12.2. The van der Waals surface area contributed by atoms with Crippen LogP contribution in [0, 0.1) is 12.8 Å². The van der Waals surface area contributed by atoms with E-state index < -0.39 is 0 Å². The van der Waals surface area contributed by atoms with Crippen LogP contribution in [-0.2, 0) is 4.74 Å². The fraction of sp³-hybridized carbons (Fsp3) is 0.476. The van der Waals surface area contributed by atoms with Gasteiger partial charge in [0.25, 0.3) is 5.91 Å². The van der Waals surface area contributed by atoms with Gasteiger partial charge in [0.05, 0.1) is 6.61 Å². The summed E-state index contributed by atoms with van der Waals surface area (Å²) in [5, 5.41) is 6.05. The molecular formula is C21H29N5O2. The molecule has 0 saturated carbocycles. The highest BCUT2D eigenvalue weighted by atomic mass is 16.5. The van der Waals surface area contributed by atoms with E-state index in [1.807, 2.05) is 12.1 Å². The summed E-state index contributed by atoms with van der Waals surface area (Å²) >= 11 is 0. The van der Waals surface area contributed by atoms with E-state index in [0.29, 0.717) is 30.5 Å². The molecule has 3 rings (SSSR count). The Balaban J connectivity index is 1.65. The molecule has 0 atom stereocenters. The number of anilines is 3. The maximum absolute atomic E-state index is 12.2. The van der Waals surface area contributed by atoms with Crippen LogP contribution in [0.15, 0.2) is 30.3 Å². The number of piperidine rings is 1. The number of aromatic nitrogens is 2. The molecular weight excluding hydrogens is 354 g/mol. The molecule has 1 saturated heterocycles. The topological polar surface area (TPSA) is 79.4 Å². The van der Waals surface area contributed by atoms with Crippen molar-refractivity contribution in [3.63, 3.8) is 0 Å². The quantitative estimate of drug-likeness (QED) is 0.715. The summed E-state index contributed by atoms with van der Waals surface area (Å²) in [5.41, 5.74) is 2.51. The lowest BCUT2D eigenvalue weighted by molar-refractivity contribution is 0.0931. The Bertz CT molecular complexity index is 786. The minimum absolute atomic E-state index is 0.236. The molecule has 0 aliphatic carbocycles. The molecule has 2 N–H and O–H groups in total. The number of methoxy groups -OCH3 is 1. The average molecular weight is 383 g/mol. The second kappa shape index (κ2) is 9.50. The molecule has 0 radical (unpaired) electrons. The van der Waals surface area contributed by atoms with Crippen LogP contribution in [0.4, 0.5) is 17.2 Å². The molecule has 2 aromatic rings. The van der Waals surface area contributed by atoms with Crippen LogP contribution in [0.1, 0.15) is 36.1 Å². The molecule has 1 amide bonds. The standard InChI is InChI=1S/C21H29N5O2/c1-15-8-11-26(12-9-15)18-6-4-17(5-7-18)25-20-14-19(23-16(2)24-20)21(27)22-10-13-28-3/h4-7,14-15H,8-13H2,1-3H3,(H,22,27)(H,23,24,25). The van der Waals surface area contributed by atoms with Crippen LogP contribution in [0.25, 0.3) is 0 Å². The van der Waals surface area contributed by atoms with E-state index in [-0.39, 0.29) is 5.91 Å². The molecule has 0 spiro atoms. The van der Waals surface area contributed by atoms with Crippen molar-refractivity contribution in [3.05, 3.63) is 41.9 Å². The first-order chi connectivity index (χ1) is 13.5. The van der Waals surface area contributed by atoms with Gasteiger partial charge in [-0.2, -0.15) is 0 Å². The predicted molar refractivity (Wildman–Crippen MR) is 111 cm³/mol. The summed E-state index contributed by atoms with van der Waals surface area (Å²) in [6.07, 6.45) is 2.49. The number of carbonyl (C=O) groups excluding carboxylic acids is 1. The molecule has 1 fully saturated rings. The minimum atomic E-state index is -0.236. The van der Waals surface area contributed by atoms with Gasteiger partial charge in [0.1, 0.15) is 17.3 Å². The minimum Gasteiger partial charge on any atom is -0.383 e. The molecule has 7 nitrogen and oxygen atoms in total. The molecule has 0 unspecified atom stereocenters. The predicted octanol–water partition coefficient (Wildman–Crippen LogP) is 3.14. The monoisotopic (exact) mass is 383 g/mol. The highest BCUT2D eigenvalue weighted by Gasteiger charge is 2.16. The van der Waals surface area contributed by atoms with Crippen molar-refractivity contribution >= 4 is 23.1 Å². The lowest BCUT2D eigenvalue weighted by Crippen LogP contribution is -2.32. The van der Waals surface area contributed by atoms with Crippen molar-refractivity contribution in [2.75, 3.05) is 43.6 Å². The normalized spacial score (nSPS) is 14.8. The number of nitrogens with one attached hydrogen (secondary N) is 2. The summed E-state index contributed by atoms with van der Waals surface area (Å²) in [4.78, 5) is 23.3. The SMILES string of the molecule is COCCNC(=O)c1cc(Nc2ccc(N3CCC(C)CC3)cc2)nc(C)n1. The van der Waals surface area contributed by atoms with Crippen LogP contribution >= 0.6 is 0 Å². The molecule has 7 heteroatoms. The van der Waals surface area contributed by atoms with Crippen LogP contribution < -0.4 is 15.5 Å². The van der Waals surface area contributed by atoms with Gasteiger partial charge in [-0.15, -0.1) is 0 Å². The van der Waals surface area contributed by atoms with Crippen molar-refractivity contribution in [1.82, 2.24) is 15.3 Å². The summed E-state index contributed by atoms with van der Waals surface area (Å²) in [5.74, 6) is 1.73. The third-order valence-electron chi connectivity index (χ3n) is 4.95. The zero-order valence-corrected chi connectivity index (χ0v) is 16.9. The molecule has 1 aromatic carbocycles. The number of hydrogen-bond acceptors (Lipinski definition) is 6. The molecule has 1 aliphatic heterocycles. The Kier molecular flexibility index (Phi) is 6.81. The van der Waals surface area contributed by atoms with Crippen molar-refractivity contribution in [2.45, 2.75) is 26.7 Å². The number of aryl methyl sites for hydroxylation is 1. The Morgan fingerprint density at radius 1 is 1.21 bits per heavy atom. The highest BCUT2D eigenvalue weighted by molar-refractivity contribution is 5.93. The first kappa shape index (κ1) is 20.1. The summed E-state index contributed by atoms with van der Waals surface area (Å²) < 4.78 is 4.95. The van der Waals surface area contributed by atoms with Crippen LogP contribution in [0.5, 0.6) is 0 Å². The summed E-state index contributed by atoms with van der Waals surface area (Å²) in [7, 11) is 1.60. The van der Waals surface area contributed by atoms with Crippen molar-refractivity contribution < 1.29 is 9.53 Å². The van der Waals surface area contributed by atoms with Crippen molar-refractivity contribution in [2.24, 2.45) is 5.92 Å². The second-order valence-electron chi connectivity index (χ2n) is 7.28. The van der Waals surface area contributed by atoms with E-state index in [4.69, 9.17) is 4.74 Å².